The van der Waals surface area contributed by atoms with E-state index in [1.54, 1.807) is 12.4 Å². The van der Waals surface area contributed by atoms with E-state index in [4.69, 9.17) is 0 Å². The topological polar surface area (TPSA) is 33.2 Å². The molecule has 0 bridgehead atoms. The van der Waals surface area contributed by atoms with E-state index in [0.29, 0.717) is 5.56 Å². The molecule has 3 nitrogen and oxygen atoms in total. The van der Waals surface area contributed by atoms with Gasteiger partial charge in [-0.25, -0.2) is 0 Å². The number of nitrogens with zero attached hydrogens (tertiary/aromatic N) is 2. The number of carbonyl (C=O) groups excluding carboxylic acids is 1. The Kier molecular flexibility index (Phi) is 4.10. The van der Waals surface area contributed by atoms with Crippen molar-refractivity contribution in [3.63, 3.8) is 0 Å². The molecule has 0 radical (unpaired) electrons. The molecule has 1 aromatic heterocycles. The first-order valence-corrected chi connectivity index (χ1v) is 6.35. The average Bonchev–Trinajstić information content (AvgIpc) is 2.39. The molecule has 92 valence electrons. The summed E-state index contributed by atoms with van der Waals surface area (Å²) in [5, 5.41) is 0. The van der Waals surface area contributed by atoms with Crippen LogP contribution in [0.25, 0.3) is 0 Å². The third-order valence-electron chi connectivity index (χ3n) is 2.70. The molecule has 0 saturated carbocycles. The predicted molar refractivity (Wildman–Crippen MR) is 75.9 cm³/mol. The number of anilines is 1. The highest BCUT2D eigenvalue weighted by Crippen LogP contribution is 2.23. The fourth-order valence-electron chi connectivity index (χ4n) is 1.81. The summed E-state index contributed by atoms with van der Waals surface area (Å²) in [5.74, 6) is 0. The fraction of sp³-hybridized carbons (Fsp3) is 0.143. The first-order valence-electron chi connectivity index (χ1n) is 5.55. The standard InChI is InChI=1S/C14H13BrN2O/c1-17(9-11-4-6-16-7-5-11)14-3-2-13(15)8-12(14)10-18/h2-8,10H,9H2,1H3. The summed E-state index contributed by atoms with van der Waals surface area (Å²) in [6.07, 6.45) is 4.42. The first kappa shape index (κ1) is 12.8. The van der Waals surface area contributed by atoms with Crippen molar-refractivity contribution in [3.05, 3.63) is 58.3 Å². The molecular formula is C14H13BrN2O. The van der Waals surface area contributed by atoms with Crippen LogP contribution in [0.3, 0.4) is 0 Å². The Morgan fingerprint density at radius 3 is 2.67 bits per heavy atom. The minimum atomic E-state index is 0.681. The van der Waals surface area contributed by atoms with Crippen LogP contribution in [0.2, 0.25) is 0 Å². The van der Waals surface area contributed by atoms with E-state index in [1.807, 2.05) is 42.3 Å². The second-order valence-electron chi connectivity index (χ2n) is 4.03. The van der Waals surface area contributed by atoms with Crippen LogP contribution in [0.4, 0.5) is 5.69 Å². The largest absolute Gasteiger partial charge is 0.370 e. The quantitative estimate of drug-likeness (QED) is 0.813. The summed E-state index contributed by atoms with van der Waals surface area (Å²) < 4.78 is 0.908. The molecule has 18 heavy (non-hydrogen) atoms. The molecule has 4 heteroatoms. The van der Waals surface area contributed by atoms with Crippen LogP contribution in [0.1, 0.15) is 15.9 Å². The van der Waals surface area contributed by atoms with Crippen molar-refractivity contribution in [2.24, 2.45) is 0 Å². The summed E-state index contributed by atoms with van der Waals surface area (Å²) in [6.45, 7) is 0.741. The van der Waals surface area contributed by atoms with Crippen molar-refractivity contribution in [1.82, 2.24) is 4.98 Å². The van der Waals surface area contributed by atoms with E-state index in [1.165, 1.54) is 0 Å². The van der Waals surface area contributed by atoms with E-state index in [9.17, 15) is 4.79 Å². The molecule has 0 aliphatic rings. The Morgan fingerprint density at radius 2 is 2.00 bits per heavy atom. The van der Waals surface area contributed by atoms with Gasteiger partial charge < -0.3 is 4.90 Å². The van der Waals surface area contributed by atoms with Crippen LogP contribution in [0.15, 0.2) is 47.2 Å². The zero-order valence-electron chi connectivity index (χ0n) is 10.0. The molecule has 0 aliphatic heterocycles. The highest BCUT2D eigenvalue weighted by molar-refractivity contribution is 9.10. The minimum Gasteiger partial charge on any atom is -0.370 e. The van der Waals surface area contributed by atoms with Crippen LogP contribution in [-0.2, 0) is 6.54 Å². The fourth-order valence-corrected chi connectivity index (χ4v) is 2.19. The van der Waals surface area contributed by atoms with Gasteiger partial charge in [-0.15, -0.1) is 0 Å². The minimum absolute atomic E-state index is 0.681. The van der Waals surface area contributed by atoms with Crippen molar-refractivity contribution in [1.29, 1.82) is 0 Å². The Morgan fingerprint density at radius 1 is 1.28 bits per heavy atom. The lowest BCUT2D eigenvalue weighted by molar-refractivity contribution is 0.112. The molecule has 0 N–H and O–H groups in total. The summed E-state index contributed by atoms with van der Waals surface area (Å²) in [5.41, 5.74) is 2.76. The first-order chi connectivity index (χ1) is 8.70. The Balaban J connectivity index is 2.23. The number of rotatable bonds is 4. The summed E-state index contributed by atoms with van der Waals surface area (Å²) in [7, 11) is 1.97. The van der Waals surface area contributed by atoms with Crippen LogP contribution >= 0.6 is 15.9 Å². The molecule has 0 aliphatic carbocycles. The number of aldehydes is 1. The number of halogens is 1. The molecule has 0 spiro atoms. The lowest BCUT2D eigenvalue weighted by atomic mass is 10.1. The van der Waals surface area contributed by atoms with Crippen molar-refractivity contribution in [2.75, 3.05) is 11.9 Å². The third kappa shape index (κ3) is 2.96. The number of hydrogen-bond acceptors (Lipinski definition) is 3. The predicted octanol–water partition coefficient (Wildman–Crippen LogP) is 3.29. The molecule has 0 atom stereocenters. The van der Waals surface area contributed by atoms with Gasteiger partial charge in [-0.2, -0.15) is 0 Å². The van der Waals surface area contributed by atoms with Gasteiger partial charge in [-0.1, -0.05) is 15.9 Å². The summed E-state index contributed by atoms with van der Waals surface area (Å²) >= 11 is 3.37. The Bertz CT molecular complexity index is 543. The zero-order chi connectivity index (χ0) is 13.0. The highest BCUT2D eigenvalue weighted by atomic mass is 79.9. The number of hydrogen-bond donors (Lipinski definition) is 0. The van der Waals surface area contributed by atoms with Crippen LogP contribution in [0.5, 0.6) is 0 Å². The summed E-state index contributed by atoms with van der Waals surface area (Å²) in [6, 6.07) is 9.64. The van der Waals surface area contributed by atoms with E-state index in [0.717, 1.165) is 28.6 Å². The van der Waals surface area contributed by atoms with Crippen molar-refractivity contribution < 1.29 is 4.79 Å². The Labute approximate surface area is 115 Å². The van der Waals surface area contributed by atoms with Crippen molar-refractivity contribution in [2.45, 2.75) is 6.54 Å². The maximum atomic E-state index is 11.1. The molecule has 2 aromatic rings. The van der Waals surface area contributed by atoms with Gasteiger partial charge >= 0.3 is 0 Å². The number of pyridine rings is 1. The van der Waals surface area contributed by atoms with Crippen molar-refractivity contribution in [3.8, 4) is 0 Å². The smallest absolute Gasteiger partial charge is 0.152 e. The van der Waals surface area contributed by atoms with E-state index >= 15 is 0 Å². The highest BCUT2D eigenvalue weighted by Gasteiger charge is 2.08. The monoisotopic (exact) mass is 304 g/mol. The van der Waals surface area contributed by atoms with Gasteiger partial charge in [-0.05, 0) is 35.9 Å². The molecule has 1 heterocycles. The Hall–Kier alpha value is -1.68. The van der Waals surface area contributed by atoms with Gasteiger partial charge in [0.1, 0.15) is 0 Å². The number of carbonyl (C=O) groups is 1. The van der Waals surface area contributed by atoms with E-state index < -0.39 is 0 Å². The SMILES string of the molecule is CN(Cc1ccncc1)c1ccc(Br)cc1C=O. The second kappa shape index (κ2) is 5.78. The molecule has 0 saturated heterocycles. The molecule has 2 rings (SSSR count). The van der Waals surface area contributed by atoms with Gasteiger partial charge in [0.05, 0.1) is 0 Å². The normalized spacial score (nSPS) is 10.1. The lowest BCUT2D eigenvalue weighted by Gasteiger charge is -2.21. The van der Waals surface area contributed by atoms with Crippen LogP contribution in [-0.4, -0.2) is 18.3 Å². The van der Waals surface area contributed by atoms with E-state index in [-0.39, 0.29) is 0 Å². The van der Waals surface area contributed by atoms with Gasteiger partial charge in [0, 0.05) is 41.7 Å². The van der Waals surface area contributed by atoms with Gasteiger partial charge in [0.2, 0.25) is 0 Å². The lowest BCUT2D eigenvalue weighted by Crippen LogP contribution is -2.17. The van der Waals surface area contributed by atoms with Gasteiger partial charge in [0.25, 0.3) is 0 Å². The molecular weight excluding hydrogens is 292 g/mol. The van der Waals surface area contributed by atoms with Gasteiger partial charge in [0.15, 0.2) is 6.29 Å². The zero-order valence-corrected chi connectivity index (χ0v) is 11.6. The molecule has 0 fully saturated rings. The van der Waals surface area contributed by atoms with Crippen LogP contribution < -0.4 is 4.90 Å². The third-order valence-corrected chi connectivity index (χ3v) is 3.19. The van der Waals surface area contributed by atoms with Gasteiger partial charge in [-0.3, -0.25) is 9.78 Å². The maximum absolute atomic E-state index is 11.1. The second-order valence-corrected chi connectivity index (χ2v) is 4.95. The number of aromatic nitrogens is 1. The van der Waals surface area contributed by atoms with Crippen LogP contribution in [0, 0.1) is 0 Å². The number of benzene rings is 1. The van der Waals surface area contributed by atoms with E-state index in [2.05, 4.69) is 20.9 Å². The maximum Gasteiger partial charge on any atom is 0.152 e. The molecule has 0 amide bonds. The van der Waals surface area contributed by atoms with Crippen molar-refractivity contribution >= 4 is 27.9 Å². The molecule has 1 aromatic carbocycles. The molecule has 0 unspecified atom stereocenters. The summed E-state index contributed by atoms with van der Waals surface area (Å²) in [4.78, 5) is 17.1. The average molecular weight is 305 g/mol.